The number of nitrogens with zero attached hydrogens (tertiary/aromatic N) is 3. The van der Waals surface area contributed by atoms with E-state index in [1.54, 1.807) is 16.7 Å². The summed E-state index contributed by atoms with van der Waals surface area (Å²) in [5.41, 5.74) is 1.05. The second-order valence-electron chi connectivity index (χ2n) is 3.23. The first-order chi connectivity index (χ1) is 7.15. The van der Waals surface area contributed by atoms with E-state index in [4.69, 9.17) is 5.11 Å². The molecule has 2 heterocycles. The summed E-state index contributed by atoms with van der Waals surface area (Å²) >= 11 is 3.07. The van der Waals surface area contributed by atoms with E-state index in [0.29, 0.717) is 0 Å². The zero-order valence-corrected chi connectivity index (χ0v) is 10.1. The quantitative estimate of drug-likeness (QED) is 0.895. The maximum absolute atomic E-state index is 9.13. The van der Waals surface area contributed by atoms with E-state index in [0.717, 1.165) is 22.4 Å². The maximum atomic E-state index is 9.13. The Labute approximate surface area is 95.9 Å². The van der Waals surface area contributed by atoms with Gasteiger partial charge in [-0.3, -0.25) is 0 Å². The SMILES string of the molecule is Cc1csc(CN(C)c2nc(O)cs2)n1. The van der Waals surface area contributed by atoms with Gasteiger partial charge >= 0.3 is 0 Å². The van der Waals surface area contributed by atoms with Crippen molar-refractivity contribution < 1.29 is 5.11 Å². The van der Waals surface area contributed by atoms with E-state index < -0.39 is 0 Å². The highest BCUT2D eigenvalue weighted by Gasteiger charge is 2.08. The van der Waals surface area contributed by atoms with Crippen LogP contribution in [-0.4, -0.2) is 22.1 Å². The normalized spacial score (nSPS) is 10.5. The molecule has 0 radical (unpaired) electrons. The van der Waals surface area contributed by atoms with Crippen LogP contribution >= 0.6 is 22.7 Å². The van der Waals surface area contributed by atoms with E-state index in [1.165, 1.54) is 11.3 Å². The summed E-state index contributed by atoms with van der Waals surface area (Å²) in [7, 11) is 1.94. The lowest BCUT2D eigenvalue weighted by Gasteiger charge is -2.12. The van der Waals surface area contributed by atoms with Gasteiger partial charge in [-0.05, 0) is 6.92 Å². The van der Waals surface area contributed by atoms with Gasteiger partial charge in [-0.2, -0.15) is 4.98 Å². The van der Waals surface area contributed by atoms with Crippen LogP contribution in [0.1, 0.15) is 10.7 Å². The average Bonchev–Trinajstić information content (AvgIpc) is 2.75. The highest BCUT2D eigenvalue weighted by molar-refractivity contribution is 7.14. The second-order valence-corrected chi connectivity index (χ2v) is 5.01. The Kier molecular flexibility index (Phi) is 2.88. The fraction of sp³-hybridized carbons (Fsp3) is 0.333. The third kappa shape index (κ3) is 2.45. The van der Waals surface area contributed by atoms with E-state index >= 15 is 0 Å². The topological polar surface area (TPSA) is 49.2 Å². The first kappa shape index (κ1) is 10.4. The van der Waals surface area contributed by atoms with Crippen LogP contribution in [0.25, 0.3) is 0 Å². The molecule has 0 aliphatic heterocycles. The molecule has 6 heteroatoms. The Morgan fingerprint density at radius 2 is 2.13 bits per heavy atom. The fourth-order valence-corrected chi connectivity index (χ4v) is 2.66. The summed E-state index contributed by atoms with van der Waals surface area (Å²) < 4.78 is 0. The van der Waals surface area contributed by atoms with Crippen molar-refractivity contribution in [2.24, 2.45) is 0 Å². The highest BCUT2D eigenvalue weighted by Crippen LogP contribution is 2.24. The van der Waals surface area contributed by atoms with Crippen molar-refractivity contribution in [3.63, 3.8) is 0 Å². The van der Waals surface area contributed by atoms with Gasteiger partial charge in [-0.25, -0.2) is 4.98 Å². The number of aromatic hydroxyl groups is 1. The Hall–Kier alpha value is -1.14. The van der Waals surface area contributed by atoms with E-state index in [9.17, 15) is 0 Å². The average molecular weight is 241 g/mol. The van der Waals surface area contributed by atoms with Gasteiger partial charge < -0.3 is 10.0 Å². The zero-order chi connectivity index (χ0) is 10.8. The lowest BCUT2D eigenvalue weighted by atomic mass is 10.5. The van der Waals surface area contributed by atoms with Crippen LogP contribution in [0.15, 0.2) is 10.8 Å². The summed E-state index contributed by atoms with van der Waals surface area (Å²) in [6.07, 6.45) is 0. The van der Waals surface area contributed by atoms with Gasteiger partial charge in [-0.15, -0.1) is 22.7 Å². The molecule has 80 valence electrons. The van der Waals surface area contributed by atoms with Crippen LogP contribution in [0.5, 0.6) is 5.88 Å². The van der Waals surface area contributed by atoms with Crippen molar-refractivity contribution in [3.05, 3.63) is 21.5 Å². The van der Waals surface area contributed by atoms with Crippen LogP contribution in [0.3, 0.4) is 0 Å². The third-order valence-electron chi connectivity index (χ3n) is 1.85. The van der Waals surface area contributed by atoms with Gasteiger partial charge in [0.15, 0.2) is 5.13 Å². The van der Waals surface area contributed by atoms with Crippen molar-refractivity contribution in [1.29, 1.82) is 0 Å². The number of hydrogen-bond acceptors (Lipinski definition) is 6. The van der Waals surface area contributed by atoms with E-state index in [2.05, 4.69) is 9.97 Å². The minimum absolute atomic E-state index is 0.0807. The molecule has 0 unspecified atom stereocenters. The Morgan fingerprint density at radius 1 is 1.33 bits per heavy atom. The Morgan fingerprint density at radius 3 is 2.67 bits per heavy atom. The summed E-state index contributed by atoms with van der Waals surface area (Å²) in [6.45, 7) is 2.71. The largest absolute Gasteiger partial charge is 0.493 e. The molecular formula is C9H11N3OS2. The molecule has 1 N–H and O–H groups in total. The van der Waals surface area contributed by atoms with Crippen LogP contribution in [0.4, 0.5) is 5.13 Å². The van der Waals surface area contributed by atoms with Crippen LogP contribution < -0.4 is 4.90 Å². The van der Waals surface area contributed by atoms with Gasteiger partial charge in [0.2, 0.25) is 5.88 Å². The molecule has 0 spiro atoms. The van der Waals surface area contributed by atoms with Crippen molar-refractivity contribution >= 4 is 27.8 Å². The number of aromatic nitrogens is 2. The van der Waals surface area contributed by atoms with Gasteiger partial charge in [0, 0.05) is 18.1 Å². The predicted molar refractivity (Wildman–Crippen MR) is 62.7 cm³/mol. The third-order valence-corrected chi connectivity index (χ3v) is 3.74. The smallest absolute Gasteiger partial charge is 0.223 e. The predicted octanol–water partition coefficient (Wildman–Crippen LogP) is 2.25. The van der Waals surface area contributed by atoms with Crippen LogP contribution in [-0.2, 0) is 6.54 Å². The summed E-state index contributed by atoms with van der Waals surface area (Å²) in [4.78, 5) is 10.3. The zero-order valence-electron chi connectivity index (χ0n) is 8.47. The number of thiazole rings is 2. The molecule has 0 aromatic carbocycles. The van der Waals surface area contributed by atoms with Crippen molar-refractivity contribution in [1.82, 2.24) is 9.97 Å². The fourth-order valence-electron chi connectivity index (χ4n) is 1.18. The molecule has 0 saturated carbocycles. The van der Waals surface area contributed by atoms with Crippen molar-refractivity contribution in [2.75, 3.05) is 11.9 Å². The Bertz CT molecular complexity index is 452. The standard InChI is InChI=1S/C9H11N3OS2/c1-6-4-14-8(10-6)3-12(2)9-11-7(13)5-15-9/h4-5,13H,3H2,1-2H3. The number of anilines is 1. The first-order valence-corrected chi connectivity index (χ1v) is 6.17. The lowest BCUT2D eigenvalue weighted by molar-refractivity contribution is 0.457. The van der Waals surface area contributed by atoms with Crippen LogP contribution in [0.2, 0.25) is 0 Å². The molecule has 0 fully saturated rings. The molecule has 0 atom stereocenters. The summed E-state index contributed by atoms with van der Waals surface area (Å²) in [6, 6.07) is 0. The lowest BCUT2D eigenvalue weighted by Crippen LogP contribution is -2.15. The molecule has 0 bridgehead atoms. The number of aryl methyl sites for hydroxylation is 1. The van der Waals surface area contributed by atoms with Crippen LogP contribution in [0, 0.1) is 6.92 Å². The van der Waals surface area contributed by atoms with Gasteiger partial charge in [0.25, 0.3) is 0 Å². The van der Waals surface area contributed by atoms with E-state index in [-0.39, 0.29) is 5.88 Å². The molecule has 0 saturated heterocycles. The second kappa shape index (κ2) is 4.16. The minimum Gasteiger partial charge on any atom is -0.493 e. The molecule has 0 aliphatic rings. The first-order valence-electron chi connectivity index (χ1n) is 4.42. The Balaban J connectivity index is 2.06. The molecule has 4 nitrogen and oxygen atoms in total. The van der Waals surface area contributed by atoms with Crippen molar-refractivity contribution in [3.8, 4) is 5.88 Å². The molecule has 15 heavy (non-hydrogen) atoms. The number of rotatable bonds is 3. The summed E-state index contributed by atoms with van der Waals surface area (Å²) in [5, 5.41) is 14.7. The molecule has 2 aromatic heterocycles. The highest BCUT2D eigenvalue weighted by atomic mass is 32.1. The van der Waals surface area contributed by atoms with Crippen molar-refractivity contribution in [2.45, 2.75) is 13.5 Å². The molecule has 2 rings (SSSR count). The minimum atomic E-state index is 0.0807. The van der Waals surface area contributed by atoms with Gasteiger partial charge in [0.05, 0.1) is 11.9 Å². The van der Waals surface area contributed by atoms with Gasteiger partial charge in [0.1, 0.15) is 5.01 Å². The monoisotopic (exact) mass is 241 g/mol. The van der Waals surface area contributed by atoms with Gasteiger partial charge in [-0.1, -0.05) is 0 Å². The van der Waals surface area contributed by atoms with E-state index in [1.807, 2.05) is 24.3 Å². The molecule has 0 amide bonds. The maximum Gasteiger partial charge on any atom is 0.223 e. The molecule has 2 aromatic rings. The molecular weight excluding hydrogens is 230 g/mol. The number of hydrogen-bond donors (Lipinski definition) is 1. The summed E-state index contributed by atoms with van der Waals surface area (Å²) in [5.74, 6) is 0.0807. The molecule has 0 aliphatic carbocycles.